The average molecular weight is 468 g/mol. The Kier molecular flexibility index (Phi) is 6.76. The summed E-state index contributed by atoms with van der Waals surface area (Å²) in [5, 5.41) is 2.92. The van der Waals surface area contributed by atoms with Crippen LogP contribution in [0.25, 0.3) is 0 Å². The minimum absolute atomic E-state index is 0.0951. The normalized spacial score (nSPS) is 15.8. The van der Waals surface area contributed by atoms with Gasteiger partial charge in [-0.25, -0.2) is 12.8 Å². The Hall–Kier alpha value is -3.23. The highest BCUT2D eigenvalue weighted by atomic mass is 32.2. The molecule has 0 saturated carbocycles. The molecule has 1 unspecified atom stereocenters. The van der Waals surface area contributed by atoms with E-state index in [1.54, 1.807) is 24.3 Å². The molecule has 3 aromatic rings. The number of piperazine rings is 1. The first-order chi connectivity index (χ1) is 15.8. The van der Waals surface area contributed by atoms with E-state index in [4.69, 9.17) is 0 Å². The Balaban J connectivity index is 1.44. The number of nitrogens with one attached hydrogen (secondary N) is 1. The maximum absolute atomic E-state index is 13.2. The lowest BCUT2D eigenvalue weighted by Crippen LogP contribution is -2.48. The average Bonchev–Trinajstić information content (AvgIpc) is 2.85. The van der Waals surface area contributed by atoms with E-state index in [0.717, 1.165) is 11.3 Å². The smallest absolute Gasteiger partial charge is 0.251 e. The van der Waals surface area contributed by atoms with Crippen molar-refractivity contribution >= 4 is 21.6 Å². The summed E-state index contributed by atoms with van der Waals surface area (Å²) in [6, 6.07) is 21.7. The van der Waals surface area contributed by atoms with Crippen LogP contribution in [0.3, 0.4) is 0 Å². The van der Waals surface area contributed by atoms with Gasteiger partial charge in [-0.3, -0.25) is 4.79 Å². The summed E-state index contributed by atoms with van der Waals surface area (Å²) in [5.74, 6) is -0.633. The maximum Gasteiger partial charge on any atom is 0.251 e. The molecule has 1 fully saturated rings. The van der Waals surface area contributed by atoms with E-state index in [2.05, 4.69) is 5.32 Å². The Labute approximate surface area is 193 Å². The van der Waals surface area contributed by atoms with Crippen molar-refractivity contribution in [2.24, 2.45) is 0 Å². The summed E-state index contributed by atoms with van der Waals surface area (Å²) >= 11 is 0. The maximum atomic E-state index is 13.2. The number of rotatable bonds is 6. The van der Waals surface area contributed by atoms with Crippen LogP contribution in [0.2, 0.25) is 0 Å². The molecular formula is C25H26FN3O3S. The van der Waals surface area contributed by atoms with Gasteiger partial charge in [0.25, 0.3) is 5.91 Å². The van der Waals surface area contributed by atoms with Gasteiger partial charge in [-0.15, -0.1) is 0 Å². The van der Waals surface area contributed by atoms with E-state index >= 15 is 0 Å². The van der Waals surface area contributed by atoms with Crippen molar-refractivity contribution in [1.29, 1.82) is 0 Å². The summed E-state index contributed by atoms with van der Waals surface area (Å²) in [4.78, 5) is 14.9. The molecule has 33 heavy (non-hydrogen) atoms. The van der Waals surface area contributed by atoms with Crippen LogP contribution in [0.4, 0.5) is 10.1 Å². The molecule has 0 spiro atoms. The molecule has 8 heteroatoms. The van der Waals surface area contributed by atoms with Crippen LogP contribution in [0.5, 0.6) is 0 Å². The van der Waals surface area contributed by atoms with Crippen LogP contribution in [-0.2, 0) is 10.0 Å². The van der Waals surface area contributed by atoms with E-state index in [1.165, 1.54) is 28.6 Å². The first-order valence-corrected chi connectivity index (χ1v) is 12.2. The van der Waals surface area contributed by atoms with Crippen molar-refractivity contribution < 1.29 is 17.6 Å². The van der Waals surface area contributed by atoms with Crippen molar-refractivity contribution in [3.63, 3.8) is 0 Å². The lowest BCUT2D eigenvalue weighted by Gasteiger charge is -2.35. The molecule has 1 atom stereocenters. The highest BCUT2D eigenvalue weighted by molar-refractivity contribution is 7.89. The lowest BCUT2D eigenvalue weighted by atomic mass is 10.1. The van der Waals surface area contributed by atoms with Gasteiger partial charge in [-0.2, -0.15) is 4.31 Å². The van der Waals surface area contributed by atoms with Crippen LogP contribution in [0, 0.1) is 5.82 Å². The number of carbonyl (C=O) groups excluding carboxylic acids is 1. The van der Waals surface area contributed by atoms with Crippen molar-refractivity contribution in [2.45, 2.75) is 17.9 Å². The molecule has 3 aromatic carbocycles. The minimum Gasteiger partial charge on any atom is -0.369 e. The Morgan fingerprint density at radius 3 is 2.24 bits per heavy atom. The van der Waals surface area contributed by atoms with E-state index in [9.17, 15) is 17.6 Å². The zero-order valence-electron chi connectivity index (χ0n) is 18.3. The second kappa shape index (κ2) is 9.72. The molecule has 1 saturated heterocycles. The van der Waals surface area contributed by atoms with E-state index in [0.29, 0.717) is 31.7 Å². The van der Waals surface area contributed by atoms with Gasteiger partial charge in [0.05, 0.1) is 10.9 Å². The molecule has 6 nitrogen and oxygen atoms in total. The van der Waals surface area contributed by atoms with Crippen molar-refractivity contribution in [3.8, 4) is 0 Å². The van der Waals surface area contributed by atoms with Crippen molar-refractivity contribution in [1.82, 2.24) is 9.62 Å². The van der Waals surface area contributed by atoms with Crippen molar-refractivity contribution in [3.05, 3.63) is 95.8 Å². The summed E-state index contributed by atoms with van der Waals surface area (Å²) in [6.45, 7) is 3.50. The number of sulfonamides is 1. The van der Waals surface area contributed by atoms with Gasteiger partial charge in [0.1, 0.15) is 5.82 Å². The van der Waals surface area contributed by atoms with Crippen LogP contribution in [0.15, 0.2) is 83.8 Å². The number of benzene rings is 3. The quantitative estimate of drug-likeness (QED) is 0.598. The fraction of sp³-hybridized carbons (Fsp3) is 0.240. The molecule has 4 rings (SSSR count). The summed E-state index contributed by atoms with van der Waals surface area (Å²) < 4.78 is 41.0. The highest BCUT2D eigenvalue weighted by Crippen LogP contribution is 2.22. The zero-order chi connectivity index (χ0) is 23.4. The zero-order valence-corrected chi connectivity index (χ0v) is 19.1. The van der Waals surface area contributed by atoms with Crippen LogP contribution in [-0.4, -0.2) is 44.8 Å². The fourth-order valence-electron chi connectivity index (χ4n) is 3.89. The van der Waals surface area contributed by atoms with Gasteiger partial charge >= 0.3 is 0 Å². The van der Waals surface area contributed by atoms with Gasteiger partial charge in [-0.05, 0) is 55.0 Å². The second-order valence-electron chi connectivity index (χ2n) is 8.00. The van der Waals surface area contributed by atoms with Gasteiger partial charge in [-0.1, -0.05) is 36.4 Å². The van der Waals surface area contributed by atoms with Crippen LogP contribution < -0.4 is 10.2 Å². The standard InChI is InChI=1S/C25H26FN3O3S/c1-19(20-6-3-2-4-7-20)27-25(30)21-8-5-9-24(18-21)33(31,32)29-16-14-28(15-17-29)23-12-10-22(26)11-13-23/h2-13,18-19H,14-17H2,1H3,(H,27,30). The Morgan fingerprint density at radius 2 is 1.58 bits per heavy atom. The predicted molar refractivity (Wildman–Crippen MR) is 126 cm³/mol. The minimum atomic E-state index is -3.74. The van der Waals surface area contributed by atoms with Gasteiger partial charge in [0.15, 0.2) is 0 Å². The molecule has 0 bridgehead atoms. The van der Waals surface area contributed by atoms with Gasteiger partial charge in [0, 0.05) is 37.4 Å². The molecule has 172 valence electrons. The number of amides is 1. The number of hydrogen-bond donors (Lipinski definition) is 1. The summed E-state index contributed by atoms with van der Waals surface area (Å²) in [7, 11) is -3.74. The number of anilines is 1. The van der Waals surface area contributed by atoms with Crippen LogP contribution >= 0.6 is 0 Å². The third-order valence-electron chi connectivity index (χ3n) is 5.81. The SMILES string of the molecule is CC(NC(=O)c1cccc(S(=O)(=O)N2CCN(c3ccc(F)cc3)CC2)c1)c1ccccc1. The molecule has 1 N–H and O–H groups in total. The molecular weight excluding hydrogens is 441 g/mol. The molecule has 1 amide bonds. The first kappa shape index (κ1) is 22.9. The fourth-order valence-corrected chi connectivity index (χ4v) is 5.36. The van der Waals surface area contributed by atoms with E-state index < -0.39 is 10.0 Å². The second-order valence-corrected chi connectivity index (χ2v) is 9.94. The molecule has 0 radical (unpaired) electrons. The van der Waals surface area contributed by atoms with Gasteiger partial charge < -0.3 is 10.2 Å². The van der Waals surface area contributed by atoms with Gasteiger partial charge in [0.2, 0.25) is 10.0 Å². The van der Waals surface area contributed by atoms with Crippen LogP contribution in [0.1, 0.15) is 28.9 Å². The topological polar surface area (TPSA) is 69.7 Å². The summed E-state index contributed by atoms with van der Waals surface area (Å²) in [6.07, 6.45) is 0. The third-order valence-corrected chi connectivity index (χ3v) is 7.71. The molecule has 1 aliphatic heterocycles. The molecule has 1 heterocycles. The van der Waals surface area contributed by atoms with E-state index in [1.807, 2.05) is 42.2 Å². The predicted octanol–water partition coefficient (Wildman–Crippen LogP) is 3.83. The lowest BCUT2D eigenvalue weighted by molar-refractivity contribution is 0.0939. The third kappa shape index (κ3) is 5.23. The number of halogens is 1. The molecule has 1 aliphatic rings. The van der Waals surface area contributed by atoms with E-state index in [-0.39, 0.29) is 22.7 Å². The van der Waals surface area contributed by atoms with Crippen molar-refractivity contribution in [2.75, 3.05) is 31.1 Å². The highest BCUT2D eigenvalue weighted by Gasteiger charge is 2.29. The number of hydrogen-bond acceptors (Lipinski definition) is 4. The molecule has 0 aliphatic carbocycles. The molecule has 0 aromatic heterocycles. The number of nitrogens with zero attached hydrogens (tertiary/aromatic N) is 2. The first-order valence-electron chi connectivity index (χ1n) is 10.8. The largest absolute Gasteiger partial charge is 0.369 e. The number of carbonyl (C=O) groups is 1. The summed E-state index contributed by atoms with van der Waals surface area (Å²) in [5.41, 5.74) is 2.12. The Bertz CT molecular complexity index is 1210. The monoisotopic (exact) mass is 467 g/mol. The Morgan fingerprint density at radius 1 is 0.909 bits per heavy atom.